The number of benzene rings is 2. The highest BCUT2D eigenvalue weighted by Crippen LogP contribution is 2.26. The first-order valence-electron chi connectivity index (χ1n) is 8.73. The summed E-state index contributed by atoms with van der Waals surface area (Å²) in [6.45, 7) is 0. The highest BCUT2D eigenvalue weighted by atomic mass is 32.2. The van der Waals surface area contributed by atoms with Crippen LogP contribution in [0.3, 0.4) is 0 Å². The lowest BCUT2D eigenvalue weighted by atomic mass is 10.3. The second-order valence-electron chi connectivity index (χ2n) is 6.08. The van der Waals surface area contributed by atoms with Crippen LogP contribution >= 0.6 is 11.8 Å². The third kappa shape index (κ3) is 4.24. The number of hydrogen-bond acceptors (Lipinski definition) is 5. The minimum atomic E-state index is -0.473. The fourth-order valence-electron chi connectivity index (χ4n) is 2.72. The van der Waals surface area contributed by atoms with E-state index in [1.807, 2.05) is 0 Å². The van der Waals surface area contributed by atoms with Gasteiger partial charge in [0.1, 0.15) is 23.0 Å². The lowest BCUT2D eigenvalue weighted by Crippen LogP contribution is -2.13. The van der Waals surface area contributed by atoms with Crippen molar-refractivity contribution in [2.45, 2.75) is 11.4 Å². The van der Waals surface area contributed by atoms with Crippen molar-refractivity contribution in [1.82, 2.24) is 19.7 Å². The van der Waals surface area contributed by atoms with Crippen LogP contribution in [0.5, 0.6) is 0 Å². The first-order valence-corrected chi connectivity index (χ1v) is 9.72. The average molecular weight is 411 g/mol. The van der Waals surface area contributed by atoms with Crippen LogP contribution in [-0.4, -0.2) is 31.4 Å². The molecule has 9 heteroatoms. The Balaban J connectivity index is 1.44. The van der Waals surface area contributed by atoms with Gasteiger partial charge < -0.3 is 5.32 Å². The summed E-state index contributed by atoms with van der Waals surface area (Å²) in [4.78, 5) is 20.6. The van der Waals surface area contributed by atoms with Crippen molar-refractivity contribution in [3.63, 3.8) is 0 Å². The fourth-order valence-corrected chi connectivity index (χ4v) is 3.63. The van der Waals surface area contributed by atoms with Gasteiger partial charge in [0.2, 0.25) is 5.91 Å². The molecule has 2 aromatic carbocycles. The Bertz CT molecular complexity index is 1160. The number of anilines is 1. The molecule has 29 heavy (non-hydrogen) atoms. The number of amides is 1. The highest BCUT2D eigenvalue weighted by Gasteiger charge is 2.13. The molecule has 0 saturated carbocycles. The maximum absolute atomic E-state index is 13.6. The number of aromatic nitrogens is 4. The number of halogens is 2. The number of hydrogen-bond donors (Lipinski definition) is 1. The normalized spacial score (nSPS) is 11.0. The van der Waals surface area contributed by atoms with Gasteiger partial charge in [-0.1, -0.05) is 12.1 Å². The van der Waals surface area contributed by atoms with Crippen molar-refractivity contribution in [3.8, 4) is 5.69 Å². The molecule has 0 aliphatic rings. The second-order valence-corrected chi connectivity index (χ2v) is 7.16. The predicted octanol–water partition coefficient (Wildman–Crippen LogP) is 4.21. The zero-order chi connectivity index (χ0) is 20.2. The molecule has 2 aromatic heterocycles. The van der Waals surface area contributed by atoms with E-state index in [0.29, 0.717) is 22.1 Å². The van der Waals surface area contributed by atoms with Gasteiger partial charge in [0, 0.05) is 12.2 Å². The van der Waals surface area contributed by atoms with Gasteiger partial charge in [0.15, 0.2) is 5.65 Å². The molecular formula is C20H15F2N5OS. The van der Waals surface area contributed by atoms with Gasteiger partial charge in [-0.05, 0) is 36.4 Å². The van der Waals surface area contributed by atoms with Gasteiger partial charge >= 0.3 is 0 Å². The third-order valence-corrected chi connectivity index (χ3v) is 5.12. The minimum absolute atomic E-state index is 0.160. The van der Waals surface area contributed by atoms with Gasteiger partial charge in [-0.2, -0.15) is 5.10 Å². The zero-order valence-corrected chi connectivity index (χ0v) is 15.9. The summed E-state index contributed by atoms with van der Waals surface area (Å²) in [7, 11) is 0. The number of carbonyl (C=O) groups is 1. The molecule has 0 aliphatic carbocycles. The molecule has 146 valence electrons. The molecule has 1 N–H and O–H groups in total. The van der Waals surface area contributed by atoms with E-state index in [9.17, 15) is 13.6 Å². The Kier molecular flexibility index (Phi) is 5.48. The highest BCUT2D eigenvalue weighted by molar-refractivity contribution is 7.99. The van der Waals surface area contributed by atoms with Crippen molar-refractivity contribution in [1.29, 1.82) is 0 Å². The maximum Gasteiger partial charge on any atom is 0.225 e. The number of rotatable bonds is 6. The van der Waals surface area contributed by atoms with Crippen LogP contribution in [-0.2, 0) is 4.79 Å². The summed E-state index contributed by atoms with van der Waals surface area (Å²) in [5.41, 5.74) is 1.43. The van der Waals surface area contributed by atoms with E-state index in [-0.39, 0.29) is 23.8 Å². The van der Waals surface area contributed by atoms with Crippen molar-refractivity contribution >= 4 is 34.4 Å². The summed E-state index contributed by atoms with van der Waals surface area (Å²) >= 11 is 1.38. The van der Waals surface area contributed by atoms with E-state index in [1.165, 1.54) is 42.4 Å². The molecule has 0 fully saturated rings. The van der Waals surface area contributed by atoms with Gasteiger partial charge in [0.25, 0.3) is 0 Å². The van der Waals surface area contributed by atoms with Crippen LogP contribution in [0, 0.1) is 11.6 Å². The van der Waals surface area contributed by atoms with Crippen molar-refractivity contribution < 1.29 is 13.6 Å². The van der Waals surface area contributed by atoms with Crippen molar-refractivity contribution in [2.24, 2.45) is 0 Å². The summed E-state index contributed by atoms with van der Waals surface area (Å²) in [5.74, 6) is -0.632. The number of thioether (sulfide) groups is 1. The van der Waals surface area contributed by atoms with Crippen molar-refractivity contribution in [3.05, 3.63) is 72.7 Å². The van der Waals surface area contributed by atoms with E-state index >= 15 is 0 Å². The Labute approximate surface area is 169 Å². The lowest BCUT2D eigenvalue weighted by Gasteiger charge is -2.06. The number of nitrogens with one attached hydrogen (secondary N) is 1. The molecule has 0 bridgehead atoms. The van der Waals surface area contributed by atoms with E-state index < -0.39 is 5.82 Å². The van der Waals surface area contributed by atoms with E-state index in [0.717, 1.165) is 5.39 Å². The molecule has 0 unspecified atom stereocenters. The van der Waals surface area contributed by atoms with Gasteiger partial charge in [-0.15, -0.1) is 11.8 Å². The monoisotopic (exact) mass is 411 g/mol. The quantitative estimate of drug-likeness (QED) is 0.380. The summed E-state index contributed by atoms with van der Waals surface area (Å²) < 4.78 is 28.4. The molecule has 0 saturated heterocycles. The Morgan fingerprint density at radius 2 is 1.86 bits per heavy atom. The Morgan fingerprint density at radius 3 is 2.66 bits per heavy atom. The van der Waals surface area contributed by atoms with Crippen molar-refractivity contribution in [2.75, 3.05) is 11.1 Å². The zero-order valence-electron chi connectivity index (χ0n) is 15.0. The summed E-state index contributed by atoms with van der Waals surface area (Å²) in [6, 6.07) is 12.0. The van der Waals surface area contributed by atoms with E-state index in [4.69, 9.17) is 0 Å². The fraction of sp³-hybridized carbons (Fsp3) is 0.100. The van der Waals surface area contributed by atoms with E-state index in [2.05, 4.69) is 20.4 Å². The number of nitrogens with zero attached hydrogens (tertiary/aromatic N) is 4. The number of para-hydroxylation sites is 1. The third-order valence-electron chi connectivity index (χ3n) is 4.12. The summed E-state index contributed by atoms with van der Waals surface area (Å²) in [6.07, 6.45) is 3.25. The van der Waals surface area contributed by atoms with Crippen LogP contribution in [0.25, 0.3) is 16.7 Å². The van der Waals surface area contributed by atoms with Gasteiger partial charge in [-0.25, -0.2) is 23.4 Å². The average Bonchev–Trinajstić information content (AvgIpc) is 3.15. The molecule has 0 radical (unpaired) electrons. The number of carbonyl (C=O) groups excluding carboxylic acids is 1. The summed E-state index contributed by atoms with van der Waals surface area (Å²) in [5, 5.41) is 8.29. The van der Waals surface area contributed by atoms with Gasteiger partial charge in [-0.3, -0.25) is 4.79 Å². The molecule has 0 spiro atoms. The first-order chi connectivity index (χ1) is 14.1. The molecule has 2 heterocycles. The molecular weight excluding hydrogens is 396 g/mol. The smallest absolute Gasteiger partial charge is 0.225 e. The van der Waals surface area contributed by atoms with Crippen LogP contribution in [0.15, 0.2) is 66.1 Å². The van der Waals surface area contributed by atoms with Crippen LogP contribution in [0.4, 0.5) is 14.5 Å². The molecule has 0 aliphatic heterocycles. The van der Waals surface area contributed by atoms with E-state index in [1.54, 1.807) is 35.1 Å². The van der Waals surface area contributed by atoms with Crippen LogP contribution in [0.2, 0.25) is 0 Å². The minimum Gasteiger partial charge on any atom is -0.324 e. The maximum atomic E-state index is 13.6. The SMILES string of the molecule is O=C(CCSc1ncnc2c1cnn2-c1ccc(F)cc1)Nc1ccccc1F. The van der Waals surface area contributed by atoms with Gasteiger partial charge in [0.05, 0.1) is 23.0 Å². The lowest BCUT2D eigenvalue weighted by molar-refractivity contribution is -0.115. The first kappa shape index (κ1) is 19.0. The Hall–Kier alpha value is -3.33. The molecule has 4 rings (SSSR count). The topological polar surface area (TPSA) is 72.7 Å². The Morgan fingerprint density at radius 1 is 1.07 bits per heavy atom. The molecule has 1 amide bonds. The largest absolute Gasteiger partial charge is 0.324 e. The van der Waals surface area contributed by atoms with Crippen LogP contribution in [0.1, 0.15) is 6.42 Å². The second kappa shape index (κ2) is 8.36. The van der Waals surface area contributed by atoms with Crippen LogP contribution < -0.4 is 5.32 Å². The standard InChI is InChI=1S/C20H15F2N5OS/c21-13-5-7-14(8-6-13)27-19-15(11-25-27)20(24-12-23-19)29-10-9-18(28)26-17-4-2-1-3-16(17)22/h1-8,11-12H,9-10H2,(H,26,28). The molecule has 4 aromatic rings. The molecule has 0 atom stereocenters. The number of fused-ring (bicyclic) bond motifs is 1. The predicted molar refractivity (Wildman–Crippen MR) is 107 cm³/mol. The molecule has 6 nitrogen and oxygen atoms in total.